The minimum absolute atomic E-state index is 0. The molecule has 4 aromatic rings. The summed E-state index contributed by atoms with van der Waals surface area (Å²) < 4.78 is 0. The maximum Gasteiger partial charge on any atom is 4.00 e. The summed E-state index contributed by atoms with van der Waals surface area (Å²) in [6.07, 6.45) is 7.66. The Morgan fingerprint density at radius 1 is 0.935 bits per heavy atom. The van der Waals surface area contributed by atoms with Gasteiger partial charge in [0.15, 0.2) is 0 Å². The summed E-state index contributed by atoms with van der Waals surface area (Å²) in [5, 5.41) is 2.85. The van der Waals surface area contributed by atoms with Gasteiger partial charge in [0, 0.05) is 0 Å². The molecule has 1 aliphatic rings. The number of rotatable bonds is 4. The molecule has 0 spiro atoms. The van der Waals surface area contributed by atoms with Crippen molar-refractivity contribution in [2.45, 2.75) is 52.4 Å². The first-order chi connectivity index (χ1) is 13.8. The monoisotopic (exact) mass is 526 g/mol. The molecule has 0 nitrogen and oxygen atoms in total. The fourth-order valence-electron chi connectivity index (χ4n) is 4.47. The maximum atomic E-state index is 2.41. The summed E-state index contributed by atoms with van der Waals surface area (Å²) in [5.74, 6) is 0. The number of unbranched alkanes of at least 4 members (excludes halogenated alkanes) is 1. The second kappa shape index (κ2) is 13.4. The molecular formula is C28H30Cl2Zr. The van der Waals surface area contributed by atoms with Crippen LogP contribution in [0.25, 0.3) is 21.9 Å². The van der Waals surface area contributed by atoms with Crippen LogP contribution < -0.4 is 24.8 Å². The van der Waals surface area contributed by atoms with Gasteiger partial charge in [0.1, 0.15) is 0 Å². The van der Waals surface area contributed by atoms with E-state index in [-0.39, 0.29) is 51.0 Å². The summed E-state index contributed by atoms with van der Waals surface area (Å²) in [4.78, 5) is 0. The third kappa shape index (κ3) is 6.67. The maximum absolute atomic E-state index is 2.41. The van der Waals surface area contributed by atoms with Crippen molar-refractivity contribution in [2.75, 3.05) is 0 Å². The average molecular weight is 529 g/mol. The van der Waals surface area contributed by atoms with E-state index in [9.17, 15) is 0 Å². The zero-order valence-electron chi connectivity index (χ0n) is 18.4. The fourth-order valence-corrected chi connectivity index (χ4v) is 4.47. The van der Waals surface area contributed by atoms with Crippen LogP contribution in [0.4, 0.5) is 0 Å². The van der Waals surface area contributed by atoms with Gasteiger partial charge >= 0.3 is 26.2 Å². The average Bonchev–Trinajstić information content (AvgIpc) is 3.46. The smallest absolute Gasteiger partial charge is 1.00 e. The van der Waals surface area contributed by atoms with E-state index in [1.165, 1.54) is 71.6 Å². The van der Waals surface area contributed by atoms with Crippen molar-refractivity contribution in [3.63, 3.8) is 0 Å². The molecule has 0 amide bonds. The van der Waals surface area contributed by atoms with Gasteiger partial charge in [0.25, 0.3) is 0 Å². The number of fused-ring (bicyclic) bond motifs is 2. The summed E-state index contributed by atoms with van der Waals surface area (Å²) in [5.41, 5.74) is 8.87. The van der Waals surface area contributed by atoms with Gasteiger partial charge in [0.2, 0.25) is 0 Å². The molecule has 1 aliphatic carbocycles. The Morgan fingerprint density at radius 3 is 2.32 bits per heavy atom. The molecule has 0 atom stereocenters. The van der Waals surface area contributed by atoms with Crippen LogP contribution in [0.2, 0.25) is 0 Å². The Morgan fingerprint density at radius 2 is 1.65 bits per heavy atom. The van der Waals surface area contributed by atoms with Crippen LogP contribution in [0.3, 0.4) is 0 Å². The van der Waals surface area contributed by atoms with Gasteiger partial charge in [0.05, 0.1) is 0 Å². The van der Waals surface area contributed by atoms with Crippen molar-refractivity contribution < 1.29 is 51.0 Å². The van der Waals surface area contributed by atoms with Crippen LogP contribution in [-0.2, 0) is 45.5 Å². The molecule has 0 aliphatic heterocycles. The molecule has 160 valence electrons. The number of benzene rings is 2. The van der Waals surface area contributed by atoms with E-state index in [1.807, 2.05) is 0 Å². The third-order valence-electron chi connectivity index (χ3n) is 5.84. The molecule has 0 unspecified atom stereocenters. The van der Waals surface area contributed by atoms with Gasteiger partial charge in [-0.3, -0.25) is 0 Å². The summed E-state index contributed by atoms with van der Waals surface area (Å²) in [6.45, 7) is 4.42. The zero-order valence-corrected chi connectivity index (χ0v) is 22.4. The van der Waals surface area contributed by atoms with E-state index in [1.54, 1.807) is 11.1 Å². The van der Waals surface area contributed by atoms with Crippen molar-refractivity contribution in [1.82, 2.24) is 0 Å². The van der Waals surface area contributed by atoms with Crippen molar-refractivity contribution in [2.24, 2.45) is 0 Å². The van der Waals surface area contributed by atoms with Crippen molar-refractivity contribution >= 4 is 10.8 Å². The Kier molecular flexibility index (Phi) is 12.1. The number of hydrogen-bond donors (Lipinski definition) is 0. The van der Waals surface area contributed by atoms with Crippen molar-refractivity contribution in [3.8, 4) is 11.1 Å². The van der Waals surface area contributed by atoms with Crippen LogP contribution in [0.1, 0.15) is 48.4 Å². The summed E-state index contributed by atoms with van der Waals surface area (Å²) in [6, 6.07) is 26.5. The third-order valence-corrected chi connectivity index (χ3v) is 5.84. The van der Waals surface area contributed by atoms with Crippen LogP contribution in [0.15, 0.2) is 72.8 Å². The van der Waals surface area contributed by atoms with Gasteiger partial charge < -0.3 is 24.8 Å². The van der Waals surface area contributed by atoms with E-state index in [0.717, 1.165) is 0 Å². The molecule has 0 heterocycles. The molecule has 5 rings (SSSR count). The van der Waals surface area contributed by atoms with Gasteiger partial charge in [-0.15, -0.1) is 28.5 Å². The van der Waals surface area contributed by atoms with E-state index < -0.39 is 0 Å². The first kappa shape index (κ1) is 27.9. The first-order valence-electron chi connectivity index (χ1n) is 10.7. The number of halogens is 2. The Labute approximate surface area is 219 Å². The number of hydrogen-bond acceptors (Lipinski definition) is 0. The first-order valence-corrected chi connectivity index (χ1v) is 10.7. The Balaban J connectivity index is 0.000000348. The quantitative estimate of drug-likeness (QED) is 0.355. The van der Waals surface area contributed by atoms with E-state index in [2.05, 4.69) is 86.6 Å². The fraction of sp³-hybridized carbons (Fsp3) is 0.286. The Bertz CT molecular complexity index is 1030. The van der Waals surface area contributed by atoms with E-state index in [4.69, 9.17) is 0 Å². The largest absolute Gasteiger partial charge is 4.00 e. The molecule has 0 bridgehead atoms. The second-order valence-corrected chi connectivity index (χ2v) is 8.04. The topological polar surface area (TPSA) is 0 Å². The second-order valence-electron chi connectivity index (χ2n) is 8.04. The molecular weight excluding hydrogens is 498 g/mol. The van der Waals surface area contributed by atoms with Crippen molar-refractivity contribution in [3.05, 3.63) is 95.1 Å². The molecule has 0 fully saturated rings. The molecule has 0 saturated carbocycles. The molecule has 0 aromatic heterocycles. The van der Waals surface area contributed by atoms with Crippen molar-refractivity contribution in [1.29, 1.82) is 0 Å². The van der Waals surface area contributed by atoms with Gasteiger partial charge in [-0.25, -0.2) is 12.1 Å². The van der Waals surface area contributed by atoms with Crippen LogP contribution in [0, 0.1) is 6.92 Å². The number of aryl methyl sites for hydroxylation is 3. The van der Waals surface area contributed by atoms with Crippen LogP contribution in [-0.4, -0.2) is 0 Å². The predicted octanol–water partition coefficient (Wildman–Crippen LogP) is 1.78. The normalized spacial score (nSPS) is 11.4. The van der Waals surface area contributed by atoms with E-state index in [0.29, 0.717) is 0 Å². The van der Waals surface area contributed by atoms with Gasteiger partial charge in [-0.2, -0.15) is 23.8 Å². The minimum Gasteiger partial charge on any atom is -1.00 e. The van der Waals surface area contributed by atoms with Crippen LogP contribution >= 0.6 is 0 Å². The molecule has 3 heteroatoms. The predicted molar refractivity (Wildman–Crippen MR) is 122 cm³/mol. The molecule has 4 aromatic carbocycles. The summed E-state index contributed by atoms with van der Waals surface area (Å²) >= 11 is 0. The molecule has 0 radical (unpaired) electrons. The van der Waals surface area contributed by atoms with Gasteiger partial charge in [-0.1, -0.05) is 80.1 Å². The molecule has 0 N–H and O–H groups in total. The summed E-state index contributed by atoms with van der Waals surface area (Å²) in [7, 11) is 0. The van der Waals surface area contributed by atoms with Gasteiger partial charge in [-0.05, 0) is 24.8 Å². The SMILES string of the molecule is CCCC[c-]1cccc1.Cc1cc2c(-c3ccccc3)c3c(cc2[cH-]1)CCC3.[Cl-].[Cl-].[Zr+4]. The molecule has 31 heavy (non-hydrogen) atoms. The van der Waals surface area contributed by atoms with E-state index >= 15 is 0 Å². The minimum atomic E-state index is 0. The molecule has 0 saturated heterocycles. The van der Waals surface area contributed by atoms with Crippen LogP contribution in [0.5, 0.6) is 0 Å². The Hall–Kier alpha value is -1.14. The zero-order chi connectivity index (χ0) is 19.3. The standard InChI is InChI=1S/C19H17.C9H13.2ClH.Zr/c1-13-10-16-12-15-8-5-9-17(15)19(18(16)11-13)14-6-3-2-4-7-14;1-2-3-6-9-7-4-5-8-9;;;/h2-4,6-7,10-12H,5,8-9H2,1H3;4-5,7-8H,2-3,6H2,1H3;2*1H;/q2*-1;;;+4/p-2.